The SMILES string of the molecule is COc1ccc(OCCN2CCN(CC(=O)N3CCCC3)CC2)cc1. The second-order valence-corrected chi connectivity index (χ2v) is 6.73. The molecular weight excluding hydrogens is 318 g/mol. The Labute approximate surface area is 150 Å². The van der Waals surface area contributed by atoms with Gasteiger partial charge >= 0.3 is 0 Å². The third kappa shape index (κ3) is 5.34. The first-order valence-corrected chi connectivity index (χ1v) is 9.24. The van der Waals surface area contributed by atoms with E-state index in [-0.39, 0.29) is 0 Å². The van der Waals surface area contributed by atoms with Crippen LogP contribution >= 0.6 is 0 Å². The summed E-state index contributed by atoms with van der Waals surface area (Å²) in [4.78, 5) is 18.9. The van der Waals surface area contributed by atoms with E-state index in [1.165, 1.54) is 0 Å². The highest BCUT2D eigenvalue weighted by atomic mass is 16.5. The van der Waals surface area contributed by atoms with E-state index in [9.17, 15) is 4.79 Å². The lowest BCUT2D eigenvalue weighted by molar-refractivity contribution is -0.131. The maximum Gasteiger partial charge on any atom is 0.236 e. The molecule has 138 valence electrons. The summed E-state index contributed by atoms with van der Waals surface area (Å²) in [6, 6.07) is 7.68. The molecule has 0 N–H and O–H groups in total. The highest BCUT2D eigenvalue weighted by Crippen LogP contribution is 2.17. The molecule has 0 unspecified atom stereocenters. The fraction of sp³-hybridized carbons (Fsp3) is 0.632. The molecule has 0 atom stereocenters. The van der Waals surface area contributed by atoms with Crippen molar-refractivity contribution in [3.63, 3.8) is 0 Å². The zero-order valence-corrected chi connectivity index (χ0v) is 15.2. The van der Waals surface area contributed by atoms with Crippen molar-refractivity contribution >= 4 is 5.91 Å². The molecule has 0 bridgehead atoms. The molecule has 2 aliphatic heterocycles. The summed E-state index contributed by atoms with van der Waals surface area (Å²) >= 11 is 0. The van der Waals surface area contributed by atoms with Crippen molar-refractivity contribution in [2.24, 2.45) is 0 Å². The van der Waals surface area contributed by atoms with Crippen LogP contribution in [0.2, 0.25) is 0 Å². The maximum absolute atomic E-state index is 12.2. The number of amides is 1. The minimum Gasteiger partial charge on any atom is -0.497 e. The zero-order chi connectivity index (χ0) is 17.5. The Morgan fingerprint density at radius 1 is 0.920 bits per heavy atom. The van der Waals surface area contributed by atoms with E-state index in [4.69, 9.17) is 9.47 Å². The Balaban J connectivity index is 1.31. The van der Waals surface area contributed by atoms with Gasteiger partial charge in [-0.3, -0.25) is 14.6 Å². The summed E-state index contributed by atoms with van der Waals surface area (Å²) in [6.45, 7) is 7.99. The predicted molar refractivity (Wildman–Crippen MR) is 97.2 cm³/mol. The first kappa shape index (κ1) is 18.0. The third-order valence-corrected chi connectivity index (χ3v) is 5.02. The van der Waals surface area contributed by atoms with Crippen LogP contribution in [0.4, 0.5) is 0 Å². The largest absolute Gasteiger partial charge is 0.497 e. The number of carbonyl (C=O) groups excluding carboxylic acids is 1. The van der Waals surface area contributed by atoms with Crippen molar-refractivity contribution in [3.05, 3.63) is 24.3 Å². The second kappa shape index (κ2) is 9.06. The molecule has 3 rings (SSSR count). The molecule has 1 amide bonds. The maximum atomic E-state index is 12.2. The molecule has 0 aliphatic carbocycles. The fourth-order valence-electron chi connectivity index (χ4n) is 3.39. The van der Waals surface area contributed by atoms with E-state index in [0.29, 0.717) is 19.1 Å². The number of hydrogen-bond acceptors (Lipinski definition) is 5. The number of rotatable bonds is 7. The number of benzene rings is 1. The molecular formula is C19H29N3O3. The van der Waals surface area contributed by atoms with Crippen LogP contribution in [0.25, 0.3) is 0 Å². The zero-order valence-electron chi connectivity index (χ0n) is 15.2. The highest BCUT2D eigenvalue weighted by Gasteiger charge is 2.23. The fourth-order valence-corrected chi connectivity index (χ4v) is 3.39. The lowest BCUT2D eigenvalue weighted by atomic mass is 10.3. The number of methoxy groups -OCH3 is 1. The van der Waals surface area contributed by atoms with E-state index in [2.05, 4.69) is 9.80 Å². The van der Waals surface area contributed by atoms with Gasteiger partial charge in [-0.1, -0.05) is 0 Å². The average molecular weight is 347 g/mol. The van der Waals surface area contributed by atoms with Crippen LogP contribution < -0.4 is 9.47 Å². The summed E-state index contributed by atoms with van der Waals surface area (Å²) in [7, 11) is 1.66. The Morgan fingerprint density at radius 2 is 1.52 bits per heavy atom. The molecule has 2 heterocycles. The Kier molecular flexibility index (Phi) is 6.53. The van der Waals surface area contributed by atoms with E-state index in [1.807, 2.05) is 29.2 Å². The van der Waals surface area contributed by atoms with E-state index in [0.717, 1.165) is 70.2 Å². The predicted octanol–water partition coefficient (Wildman–Crippen LogP) is 1.31. The molecule has 25 heavy (non-hydrogen) atoms. The van der Waals surface area contributed by atoms with Gasteiger partial charge in [0.15, 0.2) is 0 Å². The quantitative estimate of drug-likeness (QED) is 0.744. The summed E-state index contributed by atoms with van der Waals surface area (Å²) < 4.78 is 10.9. The smallest absolute Gasteiger partial charge is 0.236 e. The van der Waals surface area contributed by atoms with Crippen molar-refractivity contribution in [2.45, 2.75) is 12.8 Å². The van der Waals surface area contributed by atoms with Gasteiger partial charge in [0.2, 0.25) is 5.91 Å². The van der Waals surface area contributed by atoms with Crippen LogP contribution in [-0.2, 0) is 4.79 Å². The molecule has 6 nitrogen and oxygen atoms in total. The van der Waals surface area contributed by atoms with Gasteiger partial charge in [0.25, 0.3) is 0 Å². The highest BCUT2D eigenvalue weighted by molar-refractivity contribution is 5.78. The number of likely N-dealkylation sites (tertiary alicyclic amines) is 1. The molecule has 0 aromatic heterocycles. The van der Waals surface area contributed by atoms with Gasteiger partial charge in [-0.05, 0) is 37.1 Å². The van der Waals surface area contributed by atoms with Gasteiger partial charge in [-0.15, -0.1) is 0 Å². The van der Waals surface area contributed by atoms with Crippen molar-refractivity contribution in [3.8, 4) is 11.5 Å². The number of hydrogen-bond donors (Lipinski definition) is 0. The lowest BCUT2D eigenvalue weighted by Gasteiger charge is -2.34. The van der Waals surface area contributed by atoms with Crippen molar-refractivity contribution in [1.82, 2.24) is 14.7 Å². The van der Waals surface area contributed by atoms with Gasteiger partial charge in [-0.25, -0.2) is 0 Å². The first-order chi connectivity index (χ1) is 12.2. The van der Waals surface area contributed by atoms with Crippen LogP contribution in [0, 0.1) is 0 Å². The van der Waals surface area contributed by atoms with Crippen molar-refractivity contribution < 1.29 is 14.3 Å². The third-order valence-electron chi connectivity index (χ3n) is 5.02. The molecule has 6 heteroatoms. The van der Waals surface area contributed by atoms with Gasteiger partial charge in [0, 0.05) is 45.8 Å². The van der Waals surface area contributed by atoms with Crippen LogP contribution in [-0.4, -0.2) is 86.7 Å². The first-order valence-electron chi connectivity index (χ1n) is 9.24. The van der Waals surface area contributed by atoms with Crippen LogP contribution in [0.3, 0.4) is 0 Å². The Bertz CT molecular complexity index is 535. The molecule has 0 saturated carbocycles. The topological polar surface area (TPSA) is 45.3 Å². The molecule has 0 radical (unpaired) electrons. The van der Waals surface area contributed by atoms with E-state index >= 15 is 0 Å². The van der Waals surface area contributed by atoms with Gasteiger partial charge in [-0.2, -0.15) is 0 Å². The van der Waals surface area contributed by atoms with Gasteiger partial charge < -0.3 is 14.4 Å². The van der Waals surface area contributed by atoms with Crippen molar-refractivity contribution in [1.29, 1.82) is 0 Å². The average Bonchev–Trinajstić information content (AvgIpc) is 3.19. The van der Waals surface area contributed by atoms with Crippen LogP contribution in [0.5, 0.6) is 11.5 Å². The number of nitrogens with zero attached hydrogens (tertiary/aromatic N) is 3. The second-order valence-electron chi connectivity index (χ2n) is 6.73. The molecule has 1 aromatic carbocycles. The molecule has 1 aromatic rings. The normalized spacial score (nSPS) is 19.2. The monoisotopic (exact) mass is 347 g/mol. The summed E-state index contributed by atoms with van der Waals surface area (Å²) in [5.41, 5.74) is 0. The molecule has 2 aliphatic rings. The van der Waals surface area contributed by atoms with Crippen LogP contribution in [0.1, 0.15) is 12.8 Å². The van der Waals surface area contributed by atoms with Gasteiger partial charge in [0.1, 0.15) is 18.1 Å². The lowest BCUT2D eigenvalue weighted by Crippen LogP contribution is -2.50. The summed E-state index contributed by atoms with van der Waals surface area (Å²) in [5, 5.41) is 0. The minimum absolute atomic E-state index is 0.300. The van der Waals surface area contributed by atoms with Gasteiger partial charge in [0.05, 0.1) is 13.7 Å². The molecule has 2 fully saturated rings. The van der Waals surface area contributed by atoms with Crippen molar-refractivity contribution in [2.75, 3.05) is 66.1 Å². The Morgan fingerprint density at radius 3 is 2.16 bits per heavy atom. The molecule has 2 saturated heterocycles. The minimum atomic E-state index is 0.300. The summed E-state index contributed by atoms with van der Waals surface area (Å²) in [5.74, 6) is 2.01. The number of carbonyl (C=O) groups is 1. The van der Waals surface area contributed by atoms with E-state index in [1.54, 1.807) is 7.11 Å². The van der Waals surface area contributed by atoms with E-state index < -0.39 is 0 Å². The standard InChI is InChI=1S/C19H29N3O3/c1-24-17-4-6-18(7-5-17)25-15-14-20-10-12-21(13-11-20)16-19(23)22-8-2-3-9-22/h4-7H,2-3,8-16H2,1H3. The molecule has 0 spiro atoms. The Hall–Kier alpha value is -1.79. The number of piperazine rings is 1. The summed E-state index contributed by atoms with van der Waals surface area (Å²) in [6.07, 6.45) is 2.32. The number of ether oxygens (including phenoxy) is 2. The van der Waals surface area contributed by atoms with Crippen LogP contribution in [0.15, 0.2) is 24.3 Å².